The molecule has 0 N–H and O–H groups in total. The third-order valence-corrected chi connectivity index (χ3v) is 6.29. The number of anilines is 1. The Morgan fingerprint density at radius 1 is 1.03 bits per heavy atom. The molecule has 3 aromatic carbocycles. The van der Waals surface area contributed by atoms with E-state index in [-0.39, 0.29) is 17.6 Å². The molecule has 4 aromatic rings. The topological polar surface area (TPSA) is 58.7 Å². The Morgan fingerprint density at radius 3 is 2.35 bits per heavy atom. The monoisotopic (exact) mass is 473 g/mol. The summed E-state index contributed by atoms with van der Waals surface area (Å²) in [5.41, 5.74) is 3.34. The number of amides is 1. The van der Waals surface area contributed by atoms with Crippen molar-refractivity contribution >= 4 is 28.7 Å². The van der Waals surface area contributed by atoms with Gasteiger partial charge in [0.15, 0.2) is 5.17 Å². The van der Waals surface area contributed by atoms with Crippen LogP contribution in [0.2, 0.25) is 0 Å². The number of carbonyl (C=O) groups is 1. The van der Waals surface area contributed by atoms with E-state index >= 15 is 0 Å². The first-order chi connectivity index (χ1) is 16.5. The molecule has 1 atom stereocenters. The number of rotatable bonds is 5. The zero-order chi connectivity index (χ0) is 24.1. The highest BCUT2D eigenvalue weighted by Crippen LogP contribution is 2.31. The van der Waals surface area contributed by atoms with Gasteiger partial charge in [-0.2, -0.15) is 4.99 Å². The summed E-state index contributed by atoms with van der Waals surface area (Å²) in [4.78, 5) is 18.4. The molecule has 0 bridgehead atoms. The SMILES string of the molecule is CS/C(=N\C(=O)c1ccccc1)N(C)c1cc(C(C)c2ccc(-c3ccccc3)c(F)c2)no1. The van der Waals surface area contributed by atoms with E-state index in [0.717, 1.165) is 11.1 Å². The third kappa shape index (κ3) is 5.10. The van der Waals surface area contributed by atoms with E-state index in [0.29, 0.717) is 27.9 Å². The molecule has 172 valence electrons. The van der Waals surface area contributed by atoms with Gasteiger partial charge in [0, 0.05) is 30.2 Å². The molecule has 5 nitrogen and oxygen atoms in total. The van der Waals surface area contributed by atoms with Crippen molar-refractivity contribution in [3.8, 4) is 11.1 Å². The Hall–Kier alpha value is -3.71. The Morgan fingerprint density at radius 2 is 1.71 bits per heavy atom. The Kier molecular flexibility index (Phi) is 7.23. The molecule has 0 fully saturated rings. The molecule has 0 saturated carbocycles. The Labute approximate surface area is 202 Å². The summed E-state index contributed by atoms with van der Waals surface area (Å²) in [6, 6.07) is 25.3. The molecule has 1 amide bonds. The van der Waals surface area contributed by atoms with Crippen LogP contribution in [0.5, 0.6) is 0 Å². The van der Waals surface area contributed by atoms with Gasteiger partial charge < -0.3 is 4.52 Å². The number of thioether (sulfide) groups is 1. The lowest BCUT2D eigenvalue weighted by atomic mass is 9.95. The van der Waals surface area contributed by atoms with Crippen LogP contribution >= 0.6 is 11.8 Å². The molecule has 0 aliphatic heterocycles. The number of amidine groups is 1. The zero-order valence-corrected chi connectivity index (χ0v) is 19.9. The van der Waals surface area contributed by atoms with E-state index in [2.05, 4.69) is 10.1 Å². The van der Waals surface area contributed by atoms with Crippen LogP contribution < -0.4 is 4.90 Å². The molecule has 1 unspecified atom stereocenters. The molecule has 1 aromatic heterocycles. The first kappa shape index (κ1) is 23.4. The normalized spacial score (nSPS) is 12.4. The summed E-state index contributed by atoms with van der Waals surface area (Å²) in [5.74, 6) is -0.366. The van der Waals surface area contributed by atoms with Crippen molar-refractivity contribution in [2.75, 3.05) is 18.2 Å². The maximum absolute atomic E-state index is 14.9. The molecular formula is C27H24FN3O2S. The van der Waals surface area contributed by atoms with E-state index in [1.807, 2.05) is 55.6 Å². The van der Waals surface area contributed by atoms with Crippen molar-refractivity contribution in [3.05, 3.63) is 108 Å². The molecule has 4 rings (SSSR count). The lowest BCUT2D eigenvalue weighted by Crippen LogP contribution is -2.24. The average molecular weight is 474 g/mol. The van der Waals surface area contributed by atoms with Gasteiger partial charge in [0.25, 0.3) is 5.91 Å². The van der Waals surface area contributed by atoms with Crippen molar-refractivity contribution in [1.29, 1.82) is 0 Å². The van der Waals surface area contributed by atoms with Gasteiger partial charge in [-0.05, 0) is 35.6 Å². The van der Waals surface area contributed by atoms with Crippen molar-refractivity contribution in [2.45, 2.75) is 12.8 Å². The molecule has 0 saturated heterocycles. The van der Waals surface area contributed by atoms with Gasteiger partial charge in [0.1, 0.15) is 5.82 Å². The molecule has 1 heterocycles. The van der Waals surface area contributed by atoms with Gasteiger partial charge in [0.2, 0.25) is 5.88 Å². The molecule has 0 radical (unpaired) electrons. The Balaban J connectivity index is 1.53. The van der Waals surface area contributed by atoms with Gasteiger partial charge in [-0.3, -0.25) is 9.69 Å². The van der Waals surface area contributed by atoms with Crippen molar-refractivity contribution < 1.29 is 13.7 Å². The fourth-order valence-electron chi connectivity index (χ4n) is 3.55. The summed E-state index contributed by atoms with van der Waals surface area (Å²) in [6.07, 6.45) is 1.84. The molecule has 34 heavy (non-hydrogen) atoms. The second-order valence-corrected chi connectivity index (χ2v) is 8.52. The van der Waals surface area contributed by atoms with Crippen LogP contribution in [0.4, 0.5) is 10.3 Å². The van der Waals surface area contributed by atoms with Crippen LogP contribution in [0.25, 0.3) is 11.1 Å². The smallest absolute Gasteiger partial charge is 0.279 e. The molecule has 0 aliphatic rings. The average Bonchev–Trinajstić information content (AvgIpc) is 3.37. The van der Waals surface area contributed by atoms with Gasteiger partial charge in [0.05, 0.1) is 5.69 Å². The number of halogens is 1. The summed E-state index contributed by atoms with van der Waals surface area (Å²) >= 11 is 1.33. The number of benzene rings is 3. The van der Waals surface area contributed by atoms with Gasteiger partial charge >= 0.3 is 0 Å². The van der Waals surface area contributed by atoms with Crippen LogP contribution in [0.15, 0.2) is 94.4 Å². The van der Waals surface area contributed by atoms with E-state index < -0.39 is 0 Å². The van der Waals surface area contributed by atoms with Crippen LogP contribution in [-0.2, 0) is 0 Å². The quantitative estimate of drug-likeness (QED) is 0.241. The number of nitrogens with zero attached hydrogens (tertiary/aromatic N) is 3. The lowest BCUT2D eigenvalue weighted by molar-refractivity contribution is 0.100. The minimum absolute atomic E-state index is 0.189. The number of aliphatic imine (C=N–C) groups is 1. The number of hydrogen-bond donors (Lipinski definition) is 0. The number of carbonyl (C=O) groups excluding carboxylic acids is 1. The highest BCUT2D eigenvalue weighted by atomic mass is 32.2. The highest BCUT2D eigenvalue weighted by Gasteiger charge is 2.20. The van der Waals surface area contributed by atoms with Crippen LogP contribution in [0, 0.1) is 5.82 Å². The number of aromatic nitrogens is 1. The Bertz CT molecular complexity index is 1310. The minimum Gasteiger partial charge on any atom is -0.338 e. The van der Waals surface area contributed by atoms with Crippen molar-refractivity contribution in [1.82, 2.24) is 5.16 Å². The first-order valence-corrected chi connectivity index (χ1v) is 12.0. The summed E-state index contributed by atoms with van der Waals surface area (Å²) in [7, 11) is 1.76. The van der Waals surface area contributed by atoms with Crippen LogP contribution in [0.3, 0.4) is 0 Å². The molecule has 0 aliphatic carbocycles. The maximum atomic E-state index is 14.9. The maximum Gasteiger partial charge on any atom is 0.279 e. The van der Waals surface area contributed by atoms with Gasteiger partial charge in [-0.25, -0.2) is 4.39 Å². The summed E-state index contributed by atoms with van der Waals surface area (Å²) in [5, 5.41) is 4.66. The lowest BCUT2D eigenvalue weighted by Gasteiger charge is -2.15. The predicted octanol–water partition coefficient (Wildman–Crippen LogP) is 6.63. The minimum atomic E-state index is -0.334. The van der Waals surface area contributed by atoms with E-state index in [4.69, 9.17) is 4.52 Å². The van der Waals surface area contributed by atoms with E-state index in [1.54, 1.807) is 54.4 Å². The second kappa shape index (κ2) is 10.5. The van der Waals surface area contributed by atoms with Crippen molar-refractivity contribution in [3.63, 3.8) is 0 Å². The standard InChI is InChI=1S/C27H24FN3O2S/c1-18(21-14-15-22(23(28)16-21)19-10-6-4-7-11-19)24-17-25(33-30-24)31(2)27(34-3)29-26(32)20-12-8-5-9-13-20/h4-18H,1-3H3/b29-27-. The van der Waals surface area contributed by atoms with Crippen molar-refractivity contribution in [2.24, 2.45) is 4.99 Å². The third-order valence-electron chi connectivity index (χ3n) is 5.56. The number of hydrogen-bond acceptors (Lipinski definition) is 4. The fraction of sp³-hybridized carbons (Fsp3) is 0.148. The largest absolute Gasteiger partial charge is 0.338 e. The zero-order valence-electron chi connectivity index (χ0n) is 19.1. The predicted molar refractivity (Wildman–Crippen MR) is 136 cm³/mol. The summed E-state index contributed by atoms with van der Waals surface area (Å²) in [6.45, 7) is 1.95. The molecule has 7 heteroatoms. The molecular weight excluding hydrogens is 449 g/mol. The summed E-state index contributed by atoms with van der Waals surface area (Å²) < 4.78 is 20.4. The highest BCUT2D eigenvalue weighted by molar-refractivity contribution is 8.13. The second-order valence-electron chi connectivity index (χ2n) is 7.75. The van der Waals surface area contributed by atoms with E-state index in [9.17, 15) is 9.18 Å². The molecule has 0 spiro atoms. The van der Waals surface area contributed by atoms with Crippen LogP contribution in [0.1, 0.15) is 34.5 Å². The first-order valence-electron chi connectivity index (χ1n) is 10.7. The van der Waals surface area contributed by atoms with Gasteiger partial charge in [-0.15, -0.1) is 0 Å². The van der Waals surface area contributed by atoms with E-state index in [1.165, 1.54) is 11.8 Å². The fourth-order valence-corrected chi connectivity index (χ4v) is 4.09. The van der Waals surface area contributed by atoms with Gasteiger partial charge in [-0.1, -0.05) is 84.5 Å². The van der Waals surface area contributed by atoms with Crippen LogP contribution in [-0.4, -0.2) is 29.5 Å².